The number of benzene rings is 3. The molecule has 3 aromatic carbocycles. The van der Waals surface area contributed by atoms with Crippen molar-refractivity contribution in [2.45, 2.75) is 23.4 Å². The summed E-state index contributed by atoms with van der Waals surface area (Å²) >= 11 is 1.06. The van der Waals surface area contributed by atoms with Gasteiger partial charge in [-0.15, -0.1) is 0 Å². The van der Waals surface area contributed by atoms with Crippen LogP contribution in [0.4, 0.5) is 11.4 Å². The fourth-order valence-corrected chi connectivity index (χ4v) is 4.39. The molecule has 0 unspecified atom stereocenters. The highest BCUT2D eigenvalue weighted by Crippen LogP contribution is 2.34. The lowest BCUT2D eigenvalue weighted by molar-refractivity contribution is -0.387. The van der Waals surface area contributed by atoms with Gasteiger partial charge in [0.15, 0.2) is 5.16 Å². The number of aromatic nitrogens is 2. The van der Waals surface area contributed by atoms with E-state index >= 15 is 0 Å². The average molecular weight is 503 g/mol. The van der Waals surface area contributed by atoms with Crippen LogP contribution in [0.15, 0.2) is 86.6 Å². The quantitative estimate of drug-likeness (QED) is 0.111. The van der Waals surface area contributed by atoms with Crippen LogP contribution >= 0.6 is 11.8 Å². The molecule has 0 spiro atoms. The smallest absolute Gasteiger partial charge is 0.310 e. The summed E-state index contributed by atoms with van der Waals surface area (Å²) in [5.41, 5.74) is 2.18. The molecule has 0 radical (unpaired) electrons. The maximum Gasteiger partial charge on any atom is 0.310 e. The Bertz CT molecular complexity index is 1530. The third-order valence-electron chi connectivity index (χ3n) is 5.28. The van der Waals surface area contributed by atoms with Crippen molar-refractivity contribution >= 4 is 46.2 Å². The van der Waals surface area contributed by atoms with E-state index in [1.807, 2.05) is 0 Å². The molecule has 0 aliphatic carbocycles. The largest absolute Gasteiger partial charge is 0.466 e. The molecular weight excluding hydrogens is 480 g/mol. The highest BCUT2D eigenvalue weighted by molar-refractivity contribution is 7.99. The number of nitro benzene ring substituents is 1. The minimum Gasteiger partial charge on any atom is -0.466 e. The van der Waals surface area contributed by atoms with Gasteiger partial charge in [-0.1, -0.05) is 30.3 Å². The van der Waals surface area contributed by atoms with Crippen LogP contribution in [0.25, 0.3) is 10.9 Å². The molecule has 36 heavy (non-hydrogen) atoms. The van der Waals surface area contributed by atoms with E-state index in [1.165, 1.54) is 16.8 Å². The van der Waals surface area contributed by atoms with Crippen LogP contribution in [0.3, 0.4) is 0 Å². The normalized spacial score (nSPS) is 11.2. The fraction of sp³-hybridized carbons (Fsp3) is 0.154. The van der Waals surface area contributed by atoms with Crippen LogP contribution in [0.2, 0.25) is 0 Å². The van der Waals surface area contributed by atoms with Crippen LogP contribution in [-0.2, 0) is 23.0 Å². The zero-order valence-electron chi connectivity index (χ0n) is 19.6. The highest BCUT2D eigenvalue weighted by atomic mass is 32.2. The van der Waals surface area contributed by atoms with E-state index < -0.39 is 4.92 Å². The number of ether oxygens (including phenoxy) is 1. The van der Waals surface area contributed by atoms with Crippen LogP contribution in [0, 0.1) is 10.1 Å². The summed E-state index contributed by atoms with van der Waals surface area (Å²) in [6.07, 6.45) is 1.71. The number of para-hydroxylation sites is 1. The maximum absolute atomic E-state index is 12.7. The Morgan fingerprint density at radius 2 is 1.92 bits per heavy atom. The minimum absolute atomic E-state index is 0.115. The Kier molecular flexibility index (Phi) is 7.55. The van der Waals surface area contributed by atoms with E-state index in [2.05, 4.69) is 9.98 Å². The molecule has 0 aliphatic rings. The molecule has 4 aromatic rings. The molecule has 0 atom stereocenters. The van der Waals surface area contributed by atoms with Crippen LogP contribution in [-0.4, -0.2) is 33.3 Å². The van der Waals surface area contributed by atoms with Gasteiger partial charge in [-0.25, -0.2) is 4.98 Å². The van der Waals surface area contributed by atoms with Crippen molar-refractivity contribution in [1.82, 2.24) is 9.55 Å². The number of esters is 1. The number of fused-ring (bicyclic) bond motifs is 1. The lowest BCUT2D eigenvalue weighted by Crippen LogP contribution is -2.19. The zero-order chi connectivity index (χ0) is 25.7. The first-order valence-corrected chi connectivity index (χ1v) is 11.9. The second-order valence-electron chi connectivity index (χ2n) is 7.77. The van der Waals surface area contributed by atoms with E-state index in [0.29, 0.717) is 38.8 Å². The maximum atomic E-state index is 12.7. The predicted molar refractivity (Wildman–Crippen MR) is 138 cm³/mol. The molecule has 10 heteroatoms. The summed E-state index contributed by atoms with van der Waals surface area (Å²) in [6, 6.07) is 18.8. The summed E-state index contributed by atoms with van der Waals surface area (Å²) in [4.78, 5) is 44.8. The van der Waals surface area contributed by atoms with Gasteiger partial charge >= 0.3 is 5.97 Å². The molecule has 0 saturated heterocycles. The van der Waals surface area contributed by atoms with Gasteiger partial charge in [0, 0.05) is 19.3 Å². The van der Waals surface area contributed by atoms with Crippen molar-refractivity contribution in [2.24, 2.45) is 12.0 Å². The molecular formula is C26H22N4O5S. The van der Waals surface area contributed by atoms with Gasteiger partial charge in [0.1, 0.15) is 0 Å². The number of nitro groups is 1. The summed E-state index contributed by atoms with van der Waals surface area (Å²) in [7, 11) is 1.59. The number of hydrogen-bond acceptors (Lipinski definition) is 8. The monoisotopic (exact) mass is 502 g/mol. The van der Waals surface area contributed by atoms with Gasteiger partial charge in [0.05, 0.1) is 39.4 Å². The number of carbonyl (C=O) groups is 1. The second-order valence-corrected chi connectivity index (χ2v) is 8.78. The topological polar surface area (TPSA) is 117 Å². The molecule has 9 nitrogen and oxygen atoms in total. The zero-order valence-corrected chi connectivity index (χ0v) is 20.4. The predicted octanol–water partition coefficient (Wildman–Crippen LogP) is 4.85. The third kappa shape index (κ3) is 5.66. The molecule has 4 rings (SSSR count). The lowest BCUT2D eigenvalue weighted by atomic mass is 10.1. The molecule has 0 saturated carbocycles. The first-order valence-electron chi connectivity index (χ1n) is 11.1. The fourth-order valence-electron chi connectivity index (χ4n) is 3.46. The molecule has 1 heterocycles. The molecule has 0 amide bonds. The Hall–Kier alpha value is -4.31. The van der Waals surface area contributed by atoms with Crippen molar-refractivity contribution in [3.63, 3.8) is 0 Å². The van der Waals surface area contributed by atoms with Gasteiger partial charge < -0.3 is 4.74 Å². The van der Waals surface area contributed by atoms with Crippen molar-refractivity contribution in [3.8, 4) is 0 Å². The van der Waals surface area contributed by atoms with Crippen molar-refractivity contribution in [1.29, 1.82) is 0 Å². The Morgan fingerprint density at radius 3 is 2.64 bits per heavy atom. The SMILES string of the molecule is CCOC(=O)Cc1ccc(N=Cc2ccc(Sc3nc4ccccc4c(=O)n3C)c([N+](=O)[O-])c2)cc1. The van der Waals surface area contributed by atoms with E-state index in [9.17, 15) is 19.7 Å². The van der Waals surface area contributed by atoms with Gasteiger partial charge in [-0.2, -0.15) is 0 Å². The number of nitrogens with zero attached hydrogens (tertiary/aromatic N) is 4. The first-order chi connectivity index (χ1) is 17.4. The number of carbonyl (C=O) groups excluding carboxylic acids is 1. The van der Waals surface area contributed by atoms with E-state index in [0.717, 1.165) is 17.3 Å². The summed E-state index contributed by atoms with van der Waals surface area (Å²) in [5.74, 6) is -0.294. The van der Waals surface area contributed by atoms with Crippen LogP contribution in [0.1, 0.15) is 18.1 Å². The van der Waals surface area contributed by atoms with Gasteiger partial charge in [0.2, 0.25) is 0 Å². The van der Waals surface area contributed by atoms with Crippen molar-refractivity contribution in [2.75, 3.05) is 6.61 Å². The van der Waals surface area contributed by atoms with Gasteiger partial charge in [0.25, 0.3) is 11.2 Å². The summed E-state index contributed by atoms with van der Waals surface area (Å²) in [5, 5.41) is 12.6. The Labute approximate surface area is 210 Å². The third-order valence-corrected chi connectivity index (χ3v) is 6.39. The molecule has 182 valence electrons. The second kappa shape index (κ2) is 11.0. The average Bonchev–Trinajstić information content (AvgIpc) is 2.87. The lowest BCUT2D eigenvalue weighted by Gasteiger charge is -2.09. The molecule has 0 aliphatic heterocycles. The number of rotatable bonds is 8. The van der Waals surface area contributed by atoms with Crippen LogP contribution in [0.5, 0.6) is 0 Å². The van der Waals surface area contributed by atoms with E-state index in [1.54, 1.807) is 74.6 Å². The summed E-state index contributed by atoms with van der Waals surface area (Å²) in [6.45, 7) is 2.09. The standard InChI is InChI=1S/C26H22N4O5S/c1-3-35-24(31)15-17-8-11-19(12-9-17)27-16-18-10-13-23(22(14-18)30(33)34)36-26-28-21-7-5-4-6-20(21)25(32)29(26)2/h4-14,16H,3,15H2,1-2H3. The Morgan fingerprint density at radius 1 is 1.17 bits per heavy atom. The minimum atomic E-state index is -0.469. The van der Waals surface area contributed by atoms with Gasteiger partial charge in [-0.3, -0.25) is 29.3 Å². The Balaban J connectivity index is 1.56. The van der Waals surface area contributed by atoms with E-state index in [-0.39, 0.29) is 23.6 Å². The number of aliphatic imine (C=N–C) groups is 1. The molecule has 0 fully saturated rings. The van der Waals surface area contributed by atoms with Crippen molar-refractivity contribution in [3.05, 3.63) is 98.3 Å². The molecule has 0 N–H and O–H groups in total. The van der Waals surface area contributed by atoms with Crippen molar-refractivity contribution < 1.29 is 14.5 Å². The number of hydrogen-bond donors (Lipinski definition) is 0. The van der Waals surface area contributed by atoms with E-state index in [4.69, 9.17) is 4.74 Å². The van der Waals surface area contributed by atoms with Gasteiger partial charge in [-0.05, 0) is 60.1 Å². The highest BCUT2D eigenvalue weighted by Gasteiger charge is 2.18. The summed E-state index contributed by atoms with van der Waals surface area (Å²) < 4.78 is 6.33. The first kappa shape index (κ1) is 24.8. The van der Waals surface area contributed by atoms with Crippen LogP contribution < -0.4 is 5.56 Å². The molecule has 0 bridgehead atoms. The molecule has 1 aromatic heterocycles.